The highest BCUT2D eigenvalue weighted by Crippen LogP contribution is 2.20. The molecule has 0 aliphatic carbocycles. The average Bonchev–Trinajstić information content (AvgIpc) is 2.47. The molecule has 0 aromatic carbocycles. The summed E-state index contributed by atoms with van der Waals surface area (Å²) in [5, 5.41) is 3.29. The zero-order chi connectivity index (χ0) is 15.2. The summed E-state index contributed by atoms with van der Waals surface area (Å²) in [5.74, 6) is 1.34. The molecular weight excluding hydrogens is 268 g/mol. The Morgan fingerprint density at radius 2 is 2.19 bits per heavy atom. The fourth-order valence-electron chi connectivity index (χ4n) is 2.37. The maximum Gasteiger partial charge on any atom is 0.227 e. The predicted octanol–water partition coefficient (Wildman–Crippen LogP) is 0.152. The minimum absolute atomic E-state index is 0.0114. The third-order valence-corrected chi connectivity index (χ3v) is 3.69. The number of nitrogens with zero attached hydrogens (tertiary/aromatic N) is 4. The first-order chi connectivity index (χ1) is 10.1. The van der Waals surface area contributed by atoms with E-state index in [-0.39, 0.29) is 11.8 Å². The lowest BCUT2D eigenvalue weighted by molar-refractivity contribution is -0.122. The molecule has 116 valence electrons. The van der Waals surface area contributed by atoms with E-state index >= 15 is 0 Å². The number of piperidine rings is 1. The maximum atomic E-state index is 11.2. The number of hydrogen-bond donors (Lipinski definition) is 2. The van der Waals surface area contributed by atoms with Crippen LogP contribution in [0, 0.1) is 5.92 Å². The smallest absolute Gasteiger partial charge is 0.227 e. The van der Waals surface area contributed by atoms with Crippen LogP contribution < -0.4 is 16.0 Å². The van der Waals surface area contributed by atoms with Crippen LogP contribution in [0.3, 0.4) is 0 Å². The van der Waals surface area contributed by atoms with E-state index in [4.69, 9.17) is 5.73 Å². The first-order valence-corrected chi connectivity index (χ1v) is 7.32. The number of anilines is 2. The van der Waals surface area contributed by atoms with Crippen LogP contribution in [0.4, 0.5) is 11.8 Å². The van der Waals surface area contributed by atoms with E-state index < -0.39 is 0 Å². The Balaban J connectivity index is 1.90. The van der Waals surface area contributed by atoms with E-state index in [9.17, 15) is 4.79 Å². The SMILES string of the molecule is CN(C)CCNc1ccnc(N2CCC(C(N)=O)CC2)n1. The highest BCUT2D eigenvalue weighted by molar-refractivity contribution is 5.76. The Morgan fingerprint density at radius 1 is 1.48 bits per heavy atom. The molecule has 1 saturated heterocycles. The summed E-state index contributed by atoms with van der Waals surface area (Å²) in [6.07, 6.45) is 3.31. The second-order valence-electron chi connectivity index (χ2n) is 5.64. The van der Waals surface area contributed by atoms with Gasteiger partial charge in [-0.3, -0.25) is 4.79 Å². The number of amides is 1. The minimum Gasteiger partial charge on any atom is -0.369 e. The maximum absolute atomic E-state index is 11.2. The van der Waals surface area contributed by atoms with E-state index in [1.807, 2.05) is 20.2 Å². The molecule has 1 amide bonds. The van der Waals surface area contributed by atoms with Crippen molar-refractivity contribution >= 4 is 17.7 Å². The van der Waals surface area contributed by atoms with Crippen molar-refractivity contribution in [2.24, 2.45) is 11.7 Å². The monoisotopic (exact) mass is 292 g/mol. The predicted molar refractivity (Wildman–Crippen MR) is 83.2 cm³/mol. The van der Waals surface area contributed by atoms with Crippen molar-refractivity contribution in [3.05, 3.63) is 12.3 Å². The number of rotatable bonds is 6. The van der Waals surface area contributed by atoms with Crippen LogP contribution in [0.15, 0.2) is 12.3 Å². The van der Waals surface area contributed by atoms with Gasteiger partial charge in [0.25, 0.3) is 0 Å². The molecule has 7 nitrogen and oxygen atoms in total. The lowest BCUT2D eigenvalue weighted by Crippen LogP contribution is -2.39. The summed E-state index contributed by atoms with van der Waals surface area (Å²) in [5.41, 5.74) is 5.35. The van der Waals surface area contributed by atoms with Crippen molar-refractivity contribution < 1.29 is 4.79 Å². The Labute approximate surface area is 125 Å². The Morgan fingerprint density at radius 3 is 2.81 bits per heavy atom. The standard InChI is InChI=1S/C14H24N6O/c1-19(2)10-7-16-12-3-6-17-14(18-12)20-8-4-11(5-9-20)13(15)21/h3,6,11H,4-5,7-10H2,1-2H3,(H2,15,21)(H,16,17,18). The highest BCUT2D eigenvalue weighted by atomic mass is 16.1. The lowest BCUT2D eigenvalue weighted by atomic mass is 9.96. The van der Waals surface area contributed by atoms with Gasteiger partial charge in [-0.1, -0.05) is 0 Å². The van der Waals surface area contributed by atoms with Gasteiger partial charge in [0.2, 0.25) is 11.9 Å². The van der Waals surface area contributed by atoms with E-state index in [0.29, 0.717) is 5.95 Å². The first-order valence-electron chi connectivity index (χ1n) is 7.32. The molecular formula is C14H24N6O. The molecule has 1 fully saturated rings. The molecule has 1 aromatic rings. The zero-order valence-corrected chi connectivity index (χ0v) is 12.7. The van der Waals surface area contributed by atoms with Gasteiger partial charge in [0.05, 0.1) is 0 Å². The summed E-state index contributed by atoms with van der Waals surface area (Å²) < 4.78 is 0. The van der Waals surface area contributed by atoms with Crippen LogP contribution in [0.2, 0.25) is 0 Å². The molecule has 2 heterocycles. The lowest BCUT2D eigenvalue weighted by Gasteiger charge is -2.30. The van der Waals surface area contributed by atoms with Gasteiger partial charge in [0, 0.05) is 38.3 Å². The summed E-state index contributed by atoms with van der Waals surface area (Å²) in [7, 11) is 4.08. The molecule has 1 aromatic heterocycles. The Kier molecular flexibility index (Phi) is 5.32. The first kappa shape index (κ1) is 15.5. The van der Waals surface area contributed by atoms with Gasteiger partial charge in [-0.25, -0.2) is 4.98 Å². The molecule has 0 atom stereocenters. The van der Waals surface area contributed by atoms with Crippen LogP contribution in [-0.2, 0) is 4.79 Å². The van der Waals surface area contributed by atoms with Gasteiger partial charge in [0.15, 0.2) is 0 Å². The number of nitrogens with two attached hydrogens (primary N) is 1. The van der Waals surface area contributed by atoms with E-state index in [0.717, 1.165) is 44.8 Å². The van der Waals surface area contributed by atoms with Crippen molar-refractivity contribution in [1.29, 1.82) is 0 Å². The Hall–Kier alpha value is -1.89. The average molecular weight is 292 g/mol. The van der Waals surface area contributed by atoms with Gasteiger partial charge < -0.3 is 20.9 Å². The zero-order valence-electron chi connectivity index (χ0n) is 12.7. The quantitative estimate of drug-likeness (QED) is 0.776. The fraction of sp³-hybridized carbons (Fsp3) is 0.643. The molecule has 0 spiro atoms. The summed E-state index contributed by atoms with van der Waals surface area (Å²) in [6, 6.07) is 1.87. The molecule has 1 aliphatic heterocycles. The van der Waals surface area contributed by atoms with E-state index in [2.05, 4.69) is 25.1 Å². The molecule has 1 aliphatic rings. The van der Waals surface area contributed by atoms with E-state index in [1.54, 1.807) is 6.20 Å². The topological polar surface area (TPSA) is 87.4 Å². The van der Waals surface area contributed by atoms with Crippen LogP contribution >= 0.6 is 0 Å². The van der Waals surface area contributed by atoms with Crippen LogP contribution in [-0.4, -0.2) is 61.0 Å². The second kappa shape index (κ2) is 7.21. The fourth-order valence-corrected chi connectivity index (χ4v) is 2.37. The molecule has 0 bridgehead atoms. The summed E-state index contributed by atoms with van der Waals surface area (Å²) in [4.78, 5) is 24.3. The third-order valence-electron chi connectivity index (χ3n) is 3.69. The number of nitrogens with one attached hydrogen (secondary N) is 1. The molecule has 21 heavy (non-hydrogen) atoms. The van der Waals surface area contributed by atoms with Crippen molar-refractivity contribution in [1.82, 2.24) is 14.9 Å². The van der Waals surface area contributed by atoms with Gasteiger partial charge in [-0.05, 0) is 33.0 Å². The van der Waals surface area contributed by atoms with Crippen LogP contribution in [0.5, 0.6) is 0 Å². The summed E-state index contributed by atoms with van der Waals surface area (Å²) in [6.45, 7) is 3.33. The van der Waals surface area contributed by atoms with Gasteiger partial charge >= 0.3 is 0 Å². The molecule has 0 radical (unpaired) electrons. The number of hydrogen-bond acceptors (Lipinski definition) is 6. The third kappa shape index (κ3) is 4.56. The number of carbonyl (C=O) groups excluding carboxylic acids is 1. The largest absolute Gasteiger partial charge is 0.369 e. The minimum atomic E-state index is -0.199. The molecule has 0 saturated carbocycles. The second-order valence-corrected chi connectivity index (χ2v) is 5.64. The van der Waals surface area contributed by atoms with Crippen molar-refractivity contribution in [2.75, 3.05) is 50.5 Å². The molecule has 0 unspecified atom stereocenters. The van der Waals surface area contributed by atoms with Crippen molar-refractivity contribution in [2.45, 2.75) is 12.8 Å². The summed E-state index contributed by atoms with van der Waals surface area (Å²) >= 11 is 0. The number of carbonyl (C=O) groups is 1. The van der Waals surface area contributed by atoms with Crippen LogP contribution in [0.25, 0.3) is 0 Å². The van der Waals surface area contributed by atoms with Crippen molar-refractivity contribution in [3.63, 3.8) is 0 Å². The number of aromatic nitrogens is 2. The number of primary amides is 1. The Bertz CT molecular complexity index is 470. The van der Waals surface area contributed by atoms with Gasteiger partial charge in [-0.2, -0.15) is 4.98 Å². The van der Waals surface area contributed by atoms with Gasteiger partial charge in [0.1, 0.15) is 5.82 Å². The van der Waals surface area contributed by atoms with Crippen LogP contribution in [0.1, 0.15) is 12.8 Å². The molecule has 3 N–H and O–H groups in total. The normalized spacial score (nSPS) is 16.2. The highest BCUT2D eigenvalue weighted by Gasteiger charge is 2.24. The number of likely N-dealkylation sites (N-methyl/N-ethyl adjacent to an activating group) is 1. The van der Waals surface area contributed by atoms with E-state index in [1.165, 1.54) is 0 Å². The van der Waals surface area contributed by atoms with Crippen molar-refractivity contribution in [3.8, 4) is 0 Å². The molecule has 7 heteroatoms. The molecule has 2 rings (SSSR count). The van der Waals surface area contributed by atoms with Gasteiger partial charge in [-0.15, -0.1) is 0 Å².